The second kappa shape index (κ2) is 5.65. The Bertz CT molecular complexity index is 324. The fraction of sp³-hybridized carbons (Fsp3) is 0.600. The zero-order valence-corrected chi connectivity index (χ0v) is 11.4. The molecule has 1 aromatic carbocycles. The van der Waals surface area contributed by atoms with Crippen LogP contribution in [0.4, 0.5) is 0 Å². The third-order valence-corrected chi connectivity index (χ3v) is 3.74. The highest BCUT2D eigenvalue weighted by Crippen LogP contribution is 2.30. The van der Waals surface area contributed by atoms with E-state index < -0.39 is 5.60 Å². The molecule has 0 fully saturated rings. The second-order valence-electron chi connectivity index (χ2n) is 5.49. The Morgan fingerprint density at radius 3 is 1.94 bits per heavy atom. The van der Waals surface area contributed by atoms with Crippen LogP contribution in [0.15, 0.2) is 30.3 Å². The van der Waals surface area contributed by atoms with Crippen LogP contribution in [-0.2, 0) is 6.42 Å². The molecule has 1 rings (SSSR count). The fourth-order valence-corrected chi connectivity index (χ4v) is 2.55. The molecule has 2 heteroatoms. The Kier molecular flexibility index (Phi) is 4.72. The van der Waals surface area contributed by atoms with E-state index in [1.54, 1.807) is 0 Å². The molecule has 1 atom stereocenters. The second-order valence-corrected chi connectivity index (χ2v) is 5.49. The highest BCUT2D eigenvalue weighted by atomic mass is 16.3. The molecule has 0 spiro atoms. The Morgan fingerprint density at radius 2 is 1.53 bits per heavy atom. The van der Waals surface area contributed by atoms with Gasteiger partial charge in [-0.15, -0.1) is 0 Å². The Hall–Kier alpha value is -0.860. The average molecular weight is 235 g/mol. The summed E-state index contributed by atoms with van der Waals surface area (Å²) in [5, 5.41) is 10.8. The summed E-state index contributed by atoms with van der Waals surface area (Å²) >= 11 is 0. The van der Waals surface area contributed by atoms with Gasteiger partial charge in [0.2, 0.25) is 0 Å². The molecule has 0 aromatic heterocycles. The molecule has 0 saturated heterocycles. The predicted octanol–water partition coefficient (Wildman–Crippen LogP) is 2.60. The van der Waals surface area contributed by atoms with Crippen molar-refractivity contribution in [2.24, 2.45) is 17.6 Å². The van der Waals surface area contributed by atoms with Gasteiger partial charge in [-0.2, -0.15) is 0 Å². The van der Waals surface area contributed by atoms with Gasteiger partial charge in [0.15, 0.2) is 0 Å². The van der Waals surface area contributed by atoms with Crippen molar-refractivity contribution in [2.45, 2.75) is 45.8 Å². The van der Waals surface area contributed by atoms with Crippen LogP contribution in [0.3, 0.4) is 0 Å². The van der Waals surface area contributed by atoms with Crippen LogP contribution in [0, 0.1) is 11.8 Å². The fourth-order valence-electron chi connectivity index (χ4n) is 2.55. The lowest BCUT2D eigenvalue weighted by atomic mass is 9.73. The van der Waals surface area contributed by atoms with E-state index in [0.717, 1.165) is 0 Å². The summed E-state index contributed by atoms with van der Waals surface area (Å²) in [4.78, 5) is 0. The molecular formula is C15H25NO. The first-order chi connectivity index (χ1) is 7.89. The van der Waals surface area contributed by atoms with Gasteiger partial charge in [-0.05, 0) is 23.8 Å². The maximum absolute atomic E-state index is 10.8. The monoisotopic (exact) mass is 235 g/mol. The minimum absolute atomic E-state index is 0.154. The first-order valence-electron chi connectivity index (χ1n) is 6.40. The van der Waals surface area contributed by atoms with Gasteiger partial charge in [-0.1, -0.05) is 58.0 Å². The van der Waals surface area contributed by atoms with E-state index in [9.17, 15) is 5.11 Å². The third kappa shape index (κ3) is 3.08. The highest BCUT2D eigenvalue weighted by molar-refractivity contribution is 5.17. The summed E-state index contributed by atoms with van der Waals surface area (Å²) in [5.41, 5.74) is 6.61. The smallest absolute Gasteiger partial charge is 0.0846 e. The molecule has 0 bridgehead atoms. The third-order valence-electron chi connectivity index (χ3n) is 3.74. The number of nitrogens with two attached hydrogens (primary N) is 1. The van der Waals surface area contributed by atoms with E-state index in [1.165, 1.54) is 5.56 Å². The molecule has 0 amide bonds. The summed E-state index contributed by atoms with van der Waals surface area (Å²) in [7, 11) is 0. The lowest BCUT2D eigenvalue weighted by Gasteiger charge is -2.41. The Morgan fingerprint density at radius 1 is 1.06 bits per heavy atom. The molecular weight excluding hydrogens is 210 g/mol. The molecule has 1 aromatic rings. The van der Waals surface area contributed by atoms with Gasteiger partial charge in [0.25, 0.3) is 0 Å². The minimum atomic E-state index is -0.810. The molecule has 0 aliphatic rings. The standard InChI is InChI=1S/C15H25NO/c1-11(2)15(17,12(3)4)14(16)10-13-8-6-5-7-9-13/h5-9,11-12,14,17H,10,16H2,1-4H3/t14-/m1/s1. The van der Waals surface area contributed by atoms with Crippen molar-refractivity contribution >= 4 is 0 Å². The van der Waals surface area contributed by atoms with E-state index >= 15 is 0 Å². The maximum atomic E-state index is 10.8. The summed E-state index contributed by atoms with van der Waals surface area (Å²) < 4.78 is 0. The van der Waals surface area contributed by atoms with Crippen molar-refractivity contribution in [1.29, 1.82) is 0 Å². The van der Waals surface area contributed by atoms with Gasteiger partial charge >= 0.3 is 0 Å². The molecule has 0 radical (unpaired) electrons. The molecule has 0 saturated carbocycles. The first kappa shape index (κ1) is 14.2. The van der Waals surface area contributed by atoms with Gasteiger partial charge in [-0.25, -0.2) is 0 Å². The Labute approximate surface area is 105 Å². The van der Waals surface area contributed by atoms with Crippen molar-refractivity contribution in [3.05, 3.63) is 35.9 Å². The summed E-state index contributed by atoms with van der Waals surface area (Å²) in [6.45, 7) is 8.13. The van der Waals surface area contributed by atoms with Crippen molar-refractivity contribution < 1.29 is 5.11 Å². The van der Waals surface area contributed by atoms with Crippen molar-refractivity contribution in [1.82, 2.24) is 0 Å². The summed E-state index contributed by atoms with van der Waals surface area (Å²) in [6, 6.07) is 9.89. The van der Waals surface area contributed by atoms with E-state index in [0.29, 0.717) is 6.42 Å². The summed E-state index contributed by atoms with van der Waals surface area (Å²) in [6.07, 6.45) is 0.716. The van der Waals surface area contributed by atoms with Gasteiger partial charge in [0, 0.05) is 6.04 Å². The van der Waals surface area contributed by atoms with Crippen LogP contribution in [0.2, 0.25) is 0 Å². The topological polar surface area (TPSA) is 46.2 Å². The maximum Gasteiger partial charge on any atom is 0.0846 e. The SMILES string of the molecule is CC(C)C(O)(C(C)C)[C@H](N)Cc1ccccc1. The predicted molar refractivity (Wildman–Crippen MR) is 72.7 cm³/mol. The molecule has 0 unspecified atom stereocenters. The van der Waals surface area contributed by atoms with E-state index in [2.05, 4.69) is 12.1 Å². The number of benzene rings is 1. The number of aliphatic hydroxyl groups is 1. The number of rotatable bonds is 5. The van der Waals surface area contributed by atoms with Crippen LogP contribution in [0.25, 0.3) is 0 Å². The van der Waals surface area contributed by atoms with E-state index in [-0.39, 0.29) is 17.9 Å². The Balaban J connectivity index is 2.84. The zero-order valence-electron chi connectivity index (χ0n) is 11.4. The highest BCUT2D eigenvalue weighted by Gasteiger charge is 2.40. The quantitative estimate of drug-likeness (QED) is 0.824. The van der Waals surface area contributed by atoms with Crippen molar-refractivity contribution in [3.63, 3.8) is 0 Å². The lowest BCUT2D eigenvalue weighted by Crippen LogP contribution is -2.56. The zero-order chi connectivity index (χ0) is 13.1. The first-order valence-corrected chi connectivity index (χ1v) is 6.40. The van der Waals surface area contributed by atoms with Crippen molar-refractivity contribution in [2.75, 3.05) is 0 Å². The molecule has 96 valence electrons. The molecule has 0 heterocycles. The normalized spacial score (nSPS) is 14.4. The van der Waals surface area contributed by atoms with Gasteiger partial charge in [0.1, 0.15) is 0 Å². The minimum Gasteiger partial charge on any atom is -0.388 e. The largest absolute Gasteiger partial charge is 0.388 e. The van der Waals surface area contributed by atoms with Crippen molar-refractivity contribution in [3.8, 4) is 0 Å². The summed E-state index contributed by atoms with van der Waals surface area (Å²) in [5.74, 6) is 0.308. The van der Waals surface area contributed by atoms with Crippen LogP contribution >= 0.6 is 0 Å². The number of hydrogen-bond acceptors (Lipinski definition) is 2. The van der Waals surface area contributed by atoms with E-state index in [4.69, 9.17) is 5.73 Å². The van der Waals surface area contributed by atoms with Crippen LogP contribution < -0.4 is 5.73 Å². The average Bonchev–Trinajstić information content (AvgIpc) is 2.28. The molecule has 2 nitrogen and oxygen atoms in total. The van der Waals surface area contributed by atoms with Crippen LogP contribution in [-0.4, -0.2) is 16.7 Å². The molecule has 17 heavy (non-hydrogen) atoms. The van der Waals surface area contributed by atoms with Gasteiger partial charge in [-0.3, -0.25) is 0 Å². The van der Waals surface area contributed by atoms with E-state index in [1.807, 2.05) is 45.9 Å². The number of hydrogen-bond donors (Lipinski definition) is 2. The lowest BCUT2D eigenvalue weighted by molar-refractivity contribution is -0.0677. The van der Waals surface area contributed by atoms with Crippen LogP contribution in [0.1, 0.15) is 33.3 Å². The molecule has 3 N–H and O–H groups in total. The molecule has 0 aliphatic heterocycles. The van der Waals surface area contributed by atoms with Gasteiger partial charge < -0.3 is 10.8 Å². The van der Waals surface area contributed by atoms with Gasteiger partial charge in [0.05, 0.1) is 5.60 Å². The molecule has 0 aliphatic carbocycles. The van der Waals surface area contributed by atoms with Crippen LogP contribution in [0.5, 0.6) is 0 Å².